The van der Waals surface area contributed by atoms with Crippen LogP contribution in [-0.2, 0) is 4.79 Å². The second-order valence-electron chi connectivity index (χ2n) is 2.84. The molecular weight excluding hydrogens is 222 g/mol. The number of carboxylic acids is 1. The Balaban J connectivity index is 3.00. The maximum atomic E-state index is 10.7. The van der Waals surface area contributed by atoms with Gasteiger partial charge < -0.3 is 21.1 Å². The van der Waals surface area contributed by atoms with E-state index in [-0.39, 0.29) is 11.1 Å². The van der Waals surface area contributed by atoms with Crippen molar-refractivity contribution in [3.05, 3.63) is 21.9 Å². The van der Waals surface area contributed by atoms with Gasteiger partial charge >= 0.3 is 5.97 Å². The summed E-state index contributed by atoms with van der Waals surface area (Å²) in [6.45, 7) is 0. The van der Waals surface area contributed by atoms with Crippen molar-refractivity contribution < 1.29 is 24.9 Å². The van der Waals surface area contributed by atoms with Crippen LogP contribution < -0.4 is 5.73 Å². The van der Waals surface area contributed by atoms with Crippen molar-refractivity contribution in [1.82, 2.24) is 0 Å². The van der Waals surface area contributed by atoms with Crippen LogP contribution in [-0.4, -0.2) is 33.3 Å². The molecule has 1 heterocycles. The Labute approximate surface area is 88.6 Å². The maximum Gasteiger partial charge on any atom is 0.336 e. The van der Waals surface area contributed by atoms with Gasteiger partial charge in [-0.1, -0.05) is 0 Å². The number of aliphatic hydroxyl groups excluding tert-OH is 2. The number of carboxylic acid groups (broad SMARTS) is 1. The smallest absolute Gasteiger partial charge is 0.336 e. The summed E-state index contributed by atoms with van der Waals surface area (Å²) in [5, 5.41) is 30.0. The Hall–Kier alpha value is -1.44. The van der Waals surface area contributed by atoms with Crippen LogP contribution in [0.25, 0.3) is 0 Å². The van der Waals surface area contributed by atoms with Crippen LogP contribution in [0.5, 0.6) is 0 Å². The number of hydrogen-bond acceptors (Lipinski definition) is 5. The molecule has 7 heteroatoms. The van der Waals surface area contributed by atoms with E-state index in [0.29, 0.717) is 0 Å². The quantitative estimate of drug-likeness (QED) is 0.547. The van der Waals surface area contributed by atoms with Crippen LogP contribution in [0.3, 0.4) is 0 Å². The zero-order valence-corrected chi connectivity index (χ0v) is 8.27. The van der Waals surface area contributed by atoms with Crippen LogP contribution in [0.4, 0.5) is 0 Å². The van der Waals surface area contributed by atoms with E-state index >= 15 is 0 Å². The second-order valence-corrected chi connectivity index (χ2v) is 3.58. The molecule has 0 fully saturated rings. The van der Waals surface area contributed by atoms with Crippen LogP contribution in [0.2, 0.25) is 0 Å². The normalized spacial score (nSPS) is 14.5. The fraction of sp³-hybridized carbons (Fsp3) is 0.250. The molecule has 0 aromatic carbocycles. The number of hydrogen-bond donors (Lipinski definition) is 4. The molecular formula is C8H9NO5S. The summed E-state index contributed by atoms with van der Waals surface area (Å²) in [5.41, 5.74) is 4.62. The molecule has 1 aromatic heterocycles. The molecule has 0 aliphatic carbocycles. The highest BCUT2D eigenvalue weighted by molar-refractivity contribution is 7.08. The van der Waals surface area contributed by atoms with Crippen LogP contribution >= 0.6 is 11.3 Å². The van der Waals surface area contributed by atoms with Crippen molar-refractivity contribution in [2.45, 2.75) is 12.2 Å². The number of aliphatic hydroxyl groups is 2. The average molecular weight is 231 g/mol. The highest BCUT2D eigenvalue weighted by atomic mass is 32.1. The average Bonchev–Trinajstić information content (AvgIpc) is 2.63. The predicted octanol–water partition coefficient (Wildman–Crippen LogP) is -0.674. The number of carbonyl (C=O) groups is 2. The van der Waals surface area contributed by atoms with Crippen molar-refractivity contribution >= 4 is 23.2 Å². The third kappa shape index (κ3) is 2.32. The van der Waals surface area contributed by atoms with Crippen LogP contribution in [0, 0.1) is 0 Å². The van der Waals surface area contributed by atoms with Crippen molar-refractivity contribution in [2.24, 2.45) is 5.73 Å². The standard InChI is InChI=1S/C8H9NO5S/c9-7(12)6(11)5(10)3-1-15-2-4(3)8(13)14/h1-2,5-6,10-11H,(H2,9,12)(H,13,14). The number of aromatic carboxylic acids is 1. The third-order valence-corrected chi connectivity index (χ3v) is 2.59. The molecule has 0 bridgehead atoms. The molecule has 1 aromatic rings. The van der Waals surface area contributed by atoms with E-state index in [1.54, 1.807) is 0 Å². The van der Waals surface area contributed by atoms with Gasteiger partial charge in [0.2, 0.25) is 5.91 Å². The molecule has 6 nitrogen and oxygen atoms in total. The van der Waals surface area contributed by atoms with Gasteiger partial charge in [0, 0.05) is 10.9 Å². The maximum absolute atomic E-state index is 10.7. The van der Waals surface area contributed by atoms with Crippen molar-refractivity contribution in [1.29, 1.82) is 0 Å². The zero-order chi connectivity index (χ0) is 11.6. The van der Waals surface area contributed by atoms with E-state index in [9.17, 15) is 14.7 Å². The molecule has 15 heavy (non-hydrogen) atoms. The first-order chi connectivity index (χ1) is 6.95. The first-order valence-corrected chi connectivity index (χ1v) is 4.84. The van der Waals surface area contributed by atoms with Crippen LogP contribution in [0.1, 0.15) is 22.0 Å². The Morgan fingerprint density at radius 3 is 2.40 bits per heavy atom. The number of primary amides is 1. The Morgan fingerprint density at radius 1 is 1.33 bits per heavy atom. The molecule has 0 spiro atoms. The minimum Gasteiger partial charge on any atom is -0.478 e. The summed E-state index contributed by atoms with van der Waals surface area (Å²) in [5.74, 6) is -2.34. The number of amides is 1. The molecule has 0 aliphatic heterocycles. The summed E-state index contributed by atoms with van der Waals surface area (Å²) < 4.78 is 0. The summed E-state index contributed by atoms with van der Waals surface area (Å²) in [4.78, 5) is 21.3. The largest absolute Gasteiger partial charge is 0.478 e. The van der Waals surface area contributed by atoms with Gasteiger partial charge in [0.15, 0.2) is 6.10 Å². The van der Waals surface area contributed by atoms with Gasteiger partial charge in [0.05, 0.1) is 5.56 Å². The molecule has 0 saturated carbocycles. The third-order valence-electron chi connectivity index (χ3n) is 1.83. The number of nitrogens with two attached hydrogens (primary N) is 1. The Morgan fingerprint density at radius 2 is 1.93 bits per heavy atom. The summed E-state index contributed by atoms with van der Waals surface area (Å²) >= 11 is 1.05. The molecule has 5 N–H and O–H groups in total. The van der Waals surface area contributed by atoms with E-state index < -0.39 is 24.1 Å². The molecule has 0 radical (unpaired) electrons. The molecule has 0 aliphatic rings. The van der Waals surface area contributed by atoms with Gasteiger partial charge in [0.1, 0.15) is 6.10 Å². The van der Waals surface area contributed by atoms with E-state index in [0.717, 1.165) is 11.3 Å². The minimum absolute atomic E-state index is 0.0150. The lowest BCUT2D eigenvalue weighted by Gasteiger charge is -2.14. The van der Waals surface area contributed by atoms with Gasteiger partial charge in [-0.05, 0) is 5.38 Å². The highest BCUT2D eigenvalue weighted by Gasteiger charge is 2.27. The lowest BCUT2D eigenvalue weighted by molar-refractivity contribution is -0.132. The lowest BCUT2D eigenvalue weighted by Crippen LogP contribution is -2.34. The van der Waals surface area contributed by atoms with E-state index in [1.807, 2.05) is 0 Å². The molecule has 1 amide bonds. The van der Waals surface area contributed by atoms with Gasteiger partial charge in [0.25, 0.3) is 0 Å². The topological polar surface area (TPSA) is 121 Å². The zero-order valence-electron chi connectivity index (χ0n) is 7.45. The van der Waals surface area contributed by atoms with E-state index in [4.69, 9.17) is 15.9 Å². The Bertz CT molecular complexity index is 388. The summed E-state index contributed by atoms with van der Waals surface area (Å²) in [6.07, 6.45) is -3.42. The molecule has 82 valence electrons. The SMILES string of the molecule is NC(=O)C(O)C(O)c1cscc1C(=O)O. The predicted molar refractivity (Wildman–Crippen MR) is 51.4 cm³/mol. The first kappa shape index (κ1) is 11.6. The number of rotatable bonds is 4. The van der Waals surface area contributed by atoms with E-state index in [2.05, 4.69) is 0 Å². The molecule has 2 unspecified atom stereocenters. The van der Waals surface area contributed by atoms with Crippen molar-refractivity contribution in [2.75, 3.05) is 0 Å². The van der Waals surface area contributed by atoms with Crippen molar-refractivity contribution in [3.8, 4) is 0 Å². The van der Waals surface area contributed by atoms with E-state index in [1.165, 1.54) is 10.8 Å². The summed E-state index contributed by atoms with van der Waals surface area (Å²) in [6, 6.07) is 0. The first-order valence-electron chi connectivity index (χ1n) is 3.90. The van der Waals surface area contributed by atoms with Crippen LogP contribution in [0.15, 0.2) is 10.8 Å². The molecule has 0 saturated heterocycles. The van der Waals surface area contributed by atoms with Gasteiger partial charge in [-0.3, -0.25) is 4.79 Å². The van der Waals surface area contributed by atoms with Gasteiger partial charge in [-0.2, -0.15) is 11.3 Å². The van der Waals surface area contributed by atoms with Gasteiger partial charge in [-0.25, -0.2) is 4.79 Å². The highest BCUT2D eigenvalue weighted by Crippen LogP contribution is 2.24. The fourth-order valence-electron chi connectivity index (χ4n) is 1.04. The van der Waals surface area contributed by atoms with Gasteiger partial charge in [-0.15, -0.1) is 0 Å². The minimum atomic E-state index is -1.81. The Kier molecular flexibility index (Phi) is 3.40. The number of thiophene rings is 1. The fourth-order valence-corrected chi connectivity index (χ4v) is 1.89. The lowest BCUT2D eigenvalue weighted by atomic mass is 10.0. The molecule has 2 atom stereocenters. The summed E-state index contributed by atoms with van der Waals surface area (Å²) in [7, 11) is 0. The molecule has 1 rings (SSSR count). The van der Waals surface area contributed by atoms with Crippen molar-refractivity contribution in [3.63, 3.8) is 0 Å². The second kappa shape index (κ2) is 4.39. The monoisotopic (exact) mass is 231 g/mol. The number of carbonyl (C=O) groups excluding carboxylic acids is 1.